The molecular weight excluding hydrogens is 420 g/mol. The summed E-state index contributed by atoms with van der Waals surface area (Å²) in [7, 11) is 0. The molecule has 2 aliphatic carbocycles. The van der Waals surface area contributed by atoms with Crippen LogP contribution in [0.1, 0.15) is 29.5 Å². The first-order valence-corrected chi connectivity index (χ1v) is 22.2. The zero-order valence-electron chi connectivity index (χ0n) is 15.7. The third kappa shape index (κ3) is 2.43. The summed E-state index contributed by atoms with van der Waals surface area (Å²) in [5, 5.41) is 0. The molecule has 0 N–H and O–H groups in total. The molecule has 2 heteroatoms. The standard InChI is InChI=1S/2C9H7.C6H5.CH3.H2Si.Zr/c2*1-2-5-9-7-3-6-8(9)4-1;1-2-4-6-5-3-1;;;/h2*1-7H;1-5H;1H3;1H2;. The molecule has 0 saturated heterocycles. The molecule has 2 unspecified atom stereocenters. The number of rotatable bonds is 3. The van der Waals surface area contributed by atoms with Gasteiger partial charge in [-0.1, -0.05) is 0 Å². The van der Waals surface area contributed by atoms with Crippen molar-refractivity contribution in [2.24, 2.45) is 0 Å². The molecule has 0 heterocycles. The van der Waals surface area contributed by atoms with E-state index in [0.29, 0.717) is 7.25 Å². The number of hydrogen-bond donors (Lipinski definition) is 0. The van der Waals surface area contributed by atoms with Crippen molar-refractivity contribution in [3.05, 3.63) is 113 Å². The first-order valence-electron chi connectivity index (χ1n) is 9.73. The molecule has 2 atom stereocenters. The summed E-state index contributed by atoms with van der Waals surface area (Å²) in [6.07, 6.45) is 9.76. The van der Waals surface area contributed by atoms with Gasteiger partial charge >= 0.3 is 165 Å². The van der Waals surface area contributed by atoms with Gasteiger partial charge < -0.3 is 0 Å². The molecule has 3 aromatic carbocycles. The maximum atomic E-state index is 2.68. The summed E-state index contributed by atoms with van der Waals surface area (Å²) in [4.78, 5) is 0. The number of hydrogen-bond acceptors (Lipinski definition) is 0. The molecule has 5 rings (SSSR count). The quantitative estimate of drug-likeness (QED) is 0.492. The molecule has 0 radical (unpaired) electrons. The molecule has 0 bridgehead atoms. The predicted molar refractivity (Wildman–Crippen MR) is 117 cm³/mol. The van der Waals surface area contributed by atoms with E-state index in [1.165, 1.54) is 22.3 Å². The van der Waals surface area contributed by atoms with Gasteiger partial charge in [-0.05, 0) is 0 Å². The van der Waals surface area contributed by atoms with Crippen LogP contribution in [-0.2, 0) is 17.4 Å². The molecule has 0 fully saturated rings. The van der Waals surface area contributed by atoms with E-state index in [2.05, 4.69) is 115 Å². The normalized spacial score (nSPS) is 20.5. The van der Waals surface area contributed by atoms with Crippen LogP contribution in [0.15, 0.2) is 91.0 Å². The zero-order valence-corrected chi connectivity index (χ0v) is 19.5. The number of allylic oxidation sites excluding steroid dienone is 2. The summed E-state index contributed by atoms with van der Waals surface area (Å²) in [6, 6.07) is 29.4. The van der Waals surface area contributed by atoms with Gasteiger partial charge in [0.2, 0.25) is 0 Å². The Morgan fingerprint density at radius 1 is 0.630 bits per heavy atom. The van der Waals surface area contributed by atoms with Crippen molar-refractivity contribution in [1.29, 1.82) is 0 Å². The summed E-state index contributed by atoms with van der Waals surface area (Å²) in [6.45, 7) is 2.39. The second-order valence-electron chi connectivity index (χ2n) is 8.52. The molecule has 0 aromatic heterocycles. The molecule has 3 aromatic rings. The van der Waals surface area contributed by atoms with Crippen LogP contribution >= 0.6 is 0 Å². The zero-order chi connectivity index (χ0) is 18.5. The molecule has 0 amide bonds. The van der Waals surface area contributed by atoms with Crippen molar-refractivity contribution in [3.63, 3.8) is 0 Å². The van der Waals surface area contributed by atoms with Gasteiger partial charge in [0, 0.05) is 0 Å². The van der Waals surface area contributed by atoms with Gasteiger partial charge in [-0.3, -0.25) is 0 Å². The number of benzene rings is 3. The minimum absolute atomic E-state index is 0.532. The first-order chi connectivity index (χ1) is 13.1. The van der Waals surface area contributed by atoms with E-state index in [1.54, 1.807) is 3.27 Å². The number of fused-ring (bicyclic) bond motifs is 2. The SMILES string of the molecule is [CH3][Zr](=[SiH2])([c]1ccccc1)([CH]1C=Cc2ccccc21)[CH]1C=Cc2ccccc21. The van der Waals surface area contributed by atoms with E-state index in [4.69, 9.17) is 0 Å². The Labute approximate surface area is 164 Å². The Balaban J connectivity index is 1.81. The molecule has 27 heavy (non-hydrogen) atoms. The summed E-state index contributed by atoms with van der Waals surface area (Å²) in [5.74, 6) is 0. The summed E-state index contributed by atoms with van der Waals surface area (Å²) in [5.41, 5.74) is 5.87. The van der Waals surface area contributed by atoms with E-state index < -0.39 is 17.4 Å². The van der Waals surface area contributed by atoms with E-state index in [-0.39, 0.29) is 0 Å². The van der Waals surface area contributed by atoms with Gasteiger partial charge in [0.05, 0.1) is 0 Å². The Morgan fingerprint density at radius 3 is 1.59 bits per heavy atom. The van der Waals surface area contributed by atoms with Gasteiger partial charge in [-0.2, -0.15) is 0 Å². The van der Waals surface area contributed by atoms with Gasteiger partial charge in [-0.15, -0.1) is 0 Å². The van der Waals surface area contributed by atoms with Crippen LogP contribution in [0.3, 0.4) is 0 Å². The van der Waals surface area contributed by atoms with E-state index in [1.807, 2.05) is 0 Å². The third-order valence-corrected chi connectivity index (χ3v) is 30.4. The first kappa shape index (κ1) is 17.3. The third-order valence-electron chi connectivity index (χ3n) is 6.93. The Hall–Kier alpha value is -1.76. The van der Waals surface area contributed by atoms with Gasteiger partial charge in [0.15, 0.2) is 0 Å². The van der Waals surface area contributed by atoms with Crippen molar-refractivity contribution in [2.75, 3.05) is 0 Å². The molecule has 0 saturated carbocycles. The second kappa shape index (κ2) is 6.12. The van der Waals surface area contributed by atoms with Crippen LogP contribution in [0, 0.1) is 0 Å². The average Bonchev–Trinajstić information content (AvgIpc) is 3.34. The van der Waals surface area contributed by atoms with Crippen LogP contribution in [0.5, 0.6) is 0 Å². The Bertz CT molecular complexity index is 1090. The van der Waals surface area contributed by atoms with Crippen LogP contribution in [0.4, 0.5) is 0 Å². The summed E-state index contributed by atoms with van der Waals surface area (Å²) >= 11 is -3.58. The van der Waals surface area contributed by atoms with Crippen molar-refractivity contribution in [3.8, 4) is 0 Å². The van der Waals surface area contributed by atoms with Crippen molar-refractivity contribution >= 4 is 22.3 Å². The van der Waals surface area contributed by atoms with Gasteiger partial charge in [0.1, 0.15) is 0 Å². The predicted octanol–water partition coefficient (Wildman–Crippen LogP) is 5.13. The molecule has 0 aliphatic heterocycles. The topological polar surface area (TPSA) is 0 Å². The minimum atomic E-state index is -3.58. The van der Waals surface area contributed by atoms with Crippen molar-refractivity contribution in [1.82, 2.24) is 0 Å². The maximum absolute atomic E-state index is 3.58. The summed E-state index contributed by atoms with van der Waals surface area (Å²) < 4.78 is 5.35. The van der Waals surface area contributed by atoms with E-state index in [0.717, 1.165) is 0 Å². The van der Waals surface area contributed by atoms with Crippen LogP contribution in [0.25, 0.3) is 12.2 Å². The van der Waals surface area contributed by atoms with Crippen LogP contribution < -0.4 is 3.27 Å². The van der Waals surface area contributed by atoms with Crippen LogP contribution in [0.2, 0.25) is 4.63 Å². The monoisotopic (exact) mass is 442 g/mol. The fourth-order valence-electron chi connectivity index (χ4n) is 5.37. The van der Waals surface area contributed by atoms with Gasteiger partial charge in [-0.25, -0.2) is 0 Å². The van der Waals surface area contributed by atoms with Crippen molar-refractivity contribution < 1.29 is 17.4 Å². The molecule has 0 nitrogen and oxygen atoms in total. The second-order valence-corrected chi connectivity index (χ2v) is 35.0. The Kier molecular flexibility index (Phi) is 3.93. The van der Waals surface area contributed by atoms with Crippen molar-refractivity contribution in [2.45, 2.75) is 11.9 Å². The fraction of sp³-hybridized carbons (Fsp3) is 0.120. The molecule has 0 spiro atoms. The van der Waals surface area contributed by atoms with E-state index in [9.17, 15) is 0 Å². The van der Waals surface area contributed by atoms with Gasteiger partial charge in [0.25, 0.3) is 0 Å². The Morgan fingerprint density at radius 2 is 1.07 bits per heavy atom. The average molecular weight is 444 g/mol. The van der Waals surface area contributed by atoms with Crippen LogP contribution in [-0.4, -0.2) is 6.88 Å². The molecular formula is C25H24SiZr. The molecule has 132 valence electrons. The fourth-order valence-corrected chi connectivity index (χ4v) is 25.2. The molecule has 2 aliphatic rings. The van der Waals surface area contributed by atoms with E-state index >= 15 is 0 Å².